The second kappa shape index (κ2) is 5.34. The van der Waals surface area contributed by atoms with Gasteiger partial charge in [0.1, 0.15) is 18.7 Å². The minimum atomic E-state index is -0.190. The van der Waals surface area contributed by atoms with Gasteiger partial charge in [0.15, 0.2) is 0 Å². The van der Waals surface area contributed by atoms with Gasteiger partial charge in [0.25, 0.3) is 0 Å². The summed E-state index contributed by atoms with van der Waals surface area (Å²) in [6.07, 6.45) is 1.52. The maximum atomic E-state index is 11.5. The summed E-state index contributed by atoms with van der Waals surface area (Å²) in [7, 11) is 0. The van der Waals surface area contributed by atoms with Gasteiger partial charge in [0.05, 0.1) is 12.2 Å². The van der Waals surface area contributed by atoms with Gasteiger partial charge in [-0.2, -0.15) is 5.10 Å². The molecule has 0 fully saturated rings. The van der Waals surface area contributed by atoms with Crippen molar-refractivity contribution in [2.75, 3.05) is 18.5 Å². The number of aromatic nitrogens is 3. The van der Waals surface area contributed by atoms with Gasteiger partial charge in [0, 0.05) is 16.3 Å². The minimum Gasteiger partial charge on any atom is -0.490 e. The van der Waals surface area contributed by atoms with Crippen LogP contribution in [0.1, 0.15) is 4.88 Å². The first-order chi connectivity index (χ1) is 10.8. The molecule has 2 N–H and O–H groups in total. The number of anilines is 1. The summed E-state index contributed by atoms with van der Waals surface area (Å²) in [4.78, 5) is 13.8. The number of nitrogens with zero attached hydrogens (tertiary/aromatic N) is 2. The molecule has 112 valence electrons. The highest BCUT2D eigenvalue weighted by molar-refractivity contribution is 7.15. The quantitative estimate of drug-likeness (QED) is 0.777. The zero-order chi connectivity index (χ0) is 14.9. The van der Waals surface area contributed by atoms with Crippen molar-refractivity contribution in [1.82, 2.24) is 14.8 Å². The summed E-state index contributed by atoms with van der Waals surface area (Å²) in [5, 5.41) is 9.49. The van der Waals surface area contributed by atoms with E-state index < -0.39 is 0 Å². The minimum absolute atomic E-state index is 0.190. The van der Waals surface area contributed by atoms with Crippen LogP contribution in [0.4, 0.5) is 5.69 Å². The lowest BCUT2D eigenvalue weighted by molar-refractivity contribution is 0.323. The number of ether oxygens (including phenoxy) is 1. The number of hydrogen-bond donors (Lipinski definition) is 2. The Balaban J connectivity index is 1.61. The molecule has 6 nitrogen and oxygen atoms in total. The third-order valence-corrected chi connectivity index (χ3v) is 4.66. The van der Waals surface area contributed by atoms with Crippen molar-refractivity contribution in [3.05, 3.63) is 52.0 Å². The Labute approximate surface area is 130 Å². The average Bonchev–Trinajstić information content (AvgIpc) is 3.17. The van der Waals surface area contributed by atoms with Crippen LogP contribution in [0.15, 0.2) is 41.5 Å². The number of hydrogen-bond acceptors (Lipinski definition) is 5. The third-order valence-electron chi connectivity index (χ3n) is 3.55. The van der Waals surface area contributed by atoms with E-state index in [0.29, 0.717) is 13.2 Å². The fourth-order valence-electron chi connectivity index (χ4n) is 2.46. The van der Waals surface area contributed by atoms with E-state index in [1.807, 2.05) is 12.1 Å². The van der Waals surface area contributed by atoms with Gasteiger partial charge < -0.3 is 10.1 Å². The van der Waals surface area contributed by atoms with Gasteiger partial charge in [-0.25, -0.2) is 9.89 Å². The zero-order valence-electron chi connectivity index (χ0n) is 11.7. The standard InChI is InChI=1S/C15H14N4O2S/c20-15-18-17-9-19(15)8-11-2-4-14(22-11)10-1-3-13-12(7-10)16-5-6-21-13/h1-4,7,9,16H,5-6,8H2,(H,18,20). The lowest BCUT2D eigenvalue weighted by atomic mass is 10.1. The molecule has 0 radical (unpaired) electrons. The highest BCUT2D eigenvalue weighted by Gasteiger charge is 2.12. The lowest BCUT2D eigenvalue weighted by Gasteiger charge is -2.19. The molecule has 3 heterocycles. The number of H-pyrrole nitrogens is 1. The molecule has 0 unspecified atom stereocenters. The topological polar surface area (TPSA) is 71.9 Å². The third kappa shape index (κ3) is 2.39. The van der Waals surface area contributed by atoms with Crippen LogP contribution in [-0.4, -0.2) is 27.9 Å². The molecule has 1 aromatic carbocycles. The van der Waals surface area contributed by atoms with E-state index in [1.165, 1.54) is 11.2 Å². The normalized spacial score (nSPS) is 13.3. The van der Waals surface area contributed by atoms with Gasteiger partial charge in [-0.1, -0.05) is 0 Å². The first-order valence-corrected chi connectivity index (χ1v) is 7.81. The van der Waals surface area contributed by atoms with Crippen LogP contribution in [0.3, 0.4) is 0 Å². The van der Waals surface area contributed by atoms with Gasteiger partial charge in [-0.05, 0) is 35.9 Å². The molecule has 0 spiro atoms. The second-order valence-corrected chi connectivity index (χ2v) is 6.21. The molecular weight excluding hydrogens is 300 g/mol. The fourth-order valence-corrected chi connectivity index (χ4v) is 3.47. The van der Waals surface area contributed by atoms with Crippen LogP contribution in [0.5, 0.6) is 5.75 Å². The fraction of sp³-hybridized carbons (Fsp3) is 0.200. The molecule has 2 aromatic heterocycles. The van der Waals surface area contributed by atoms with Crippen molar-refractivity contribution < 1.29 is 4.74 Å². The molecule has 0 saturated heterocycles. The summed E-state index contributed by atoms with van der Waals surface area (Å²) < 4.78 is 7.15. The predicted molar refractivity (Wildman–Crippen MR) is 85.7 cm³/mol. The van der Waals surface area contributed by atoms with E-state index in [0.717, 1.165) is 28.4 Å². The maximum Gasteiger partial charge on any atom is 0.343 e. The van der Waals surface area contributed by atoms with Crippen LogP contribution in [0.2, 0.25) is 0 Å². The number of nitrogens with one attached hydrogen (secondary N) is 2. The number of aromatic amines is 1. The van der Waals surface area contributed by atoms with E-state index in [4.69, 9.17) is 4.74 Å². The monoisotopic (exact) mass is 314 g/mol. The van der Waals surface area contributed by atoms with E-state index in [1.54, 1.807) is 15.9 Å². The summed E-state index contributed by atoms with van der Waals surface area (Å²) in [6, 6.07) is 10.3. The Morgan fingerprint density at radius 3 is 3.14 bits per heavy atom. The highest BCUT2D eigenvalue weighted by Crippen LogP contribution is 2.35. The molecular formula is C15H14N4O2S. The molecule has 0 aliphatic carbocycles. The first kappa shape index (κ1) is 13.1. The molecule has 7 heteroatoms. The van der Waals surface area contributed by atoms with Crippen molar-refractivity contribution in [1.29, 1.82) is 0 Å². The second-order valence-electron chi connectivity index (χ2n) is 5.04. The van der Waals surface area contributed by atoms with E-state index >= 15 is 0 Å². The Morgan fingerprint density at radius 2 is 2.27 bits per heavy atom. The highest BCUT2D eigenvalue weighted by atomic mass is 32.1. The number of fused-ring (bicyclic) bond motifs is 1. The molecule has 0 amide bonds. The molecule has 22 heavy (non-hydrogen) atoms. The van der Waals surface area contributed by atoms with Gasteiger partial charge in [-0.3, -0.25) is 4.57 Å². The number of thiophene rings is 1. The Morgan fingerprint density at radius 1 is 1.32 bits per heavy atom. The van der Waals surface area contributed by atoms with E-state index in [9.17, 15) is 4.79 Å². The van der Waals surface area contributed by atoms with Crippen molar-refractivity contribution in [3.8, 4) is 16.2 Å². The first-order valence-electron chi connectivity index (χ1n) is 6.99. The molecule has 0 bridgehead atoms. The largest absolute Gasteiger partial charge is 0.490 e. The molecule has 1 aliphatic rings. The summed E-state index contributed by atoms with van der Waals surface area (Å²) in [5.74, 6) is 0.900. The van der Waals surface area contributed by atoms with Crippen molar-refractivity contribution in [2.24, 2.45) is 0 Å². The molecule has 0 atom stereocenters. The lowest BCUT2D eigenvalue weighted by Crippen LogP contribution is -2.17. The summed E-state index contributed by atoms with van der Waals surface area (Å²) in [6.45, 7) is 2.07. The predicted octanol–water partition coefficient (Wildman–Crippen LogP) is 2.15. The molecule has 3 aromatic rings. The van der Waals surface area contributed by atoms with Crippen molar-refractivity contribution in [3.63, 3.8) is 0 Å². The SMILES string of the molecule is O=c1[nH]ncn1Cc1ccc(-c2ccc3c(c2)NCCO3)s1. The molecule has 0 saturated carbocycles. The van der Waals surface area contributed by atoms with Crippen LogP contribution in [-0.2, 0) is 6.54 Å². The zero-order valence-corrected chi connectivity index (χ0v) is 12.5. The van der Waals surface area contributed by atoms with E-state index in [2.05, 4.69) is 33.7 Å². The van der Waals surface area contributed by atoms with Crippen molar-refractivity contribution in [2.45, 2.75) is 6.54 Å². The van der Waals surface area contributed by atoms with Gasteiger partial charge >= 0.3 is 5.69 Å². The summed E-state index contributed by atoms with van der Waals surface area (Å²) >= 11 is 1.67. The smallest absolute Gasteiger partial charge is 0.343 e. The molecule has 4 rings (SSSR count). The van der Waals surface area contributed by atoms with Crippen LogP contribution >= 0.6 is 11.3 Å². The Hall–Kier alpha value is -2.54. The Bertz CT molecular complexity index is 864. The maximum absolute atomic E-state index is 11.5. The Kier molecular flexibility index (Phi) is 3.19. The summed E-state index contributed by atoms with van der Waals surface area (Å²) in [5.41, 5.74) is 1.99. The van der Waals surface area contributed by atoms with Crippen LogP contribution in [0.25, 0.3) is 10.4 Å². The van der Waals surface area contributed by atoms with E-state index in [-0.39, 0.29) is 5.69 Å². The molecule has 1 aliphatic heterocycles. The van der Waals surface area contributed by atoms with Crippen LogP contribution in [0, 0.1) is 0 Å². The number of rotatable bonds is 3. The van der Waals surface area contributed by atoms with Gasteiger partial charge in [0.2, 0.25) is 0 Å². The average molecular weight is 314 g/mol. The van der Waals surface area contributed by atoms with Crippen molar-refractivity contribution >= 4 is 17.0 Å². The van der Waals surface area contributed by atoms with Gasteiger partial charge in [-0.15, -0.1) is 11.3 Å². The number of benzene rings is 1. The van der Waals surface area contributed by atoms with Crippen LogP contribution < -0.4 is 15.7 Å².